The van der Waals surface area contributed by atoms with Gasteiger partial charge in [-0.2, -0.15) is 0 Å². The fourth-order valence-corrected chi connectivity index (χ4v) is 1.52. The molecule has 0 aliphatic heterocycles. The van der Waals surface area contributed by atoms with Gasteiger partial charge < -0.3 is 10.5 Å². The smallest absolute Gasteiger partial charge is 0.406 e. The zero-order valence-electron chi connectivity index (χ0n) is 9.28. The van der Waals surface area contributed by atoms with Gasteiger partial charge in [-0.3, -0.25) is 0 Å². The molecular weight excluding hydrogens is 327 g/mol. The van der Waals surface area contributed by atoms with Crippen molar-refractivity contribution >= 4 is 21.7 Å². The average molecular weight is 334 g/mol. The zero-order valence-corrected chi connectivity index (χ0v) is 10.9. The summed E-state index contributed by atoms with van der Waals surface area (Å²) in [5, 5.41) is 0. The molecular formula is C11H7BrF3N3O. The monoisotopic (exact) mass is 333 g/mol. The summed E-state index contributed by atoms with van der Waals surface area (Å²) in [6.45, 7) is 0. The van der Waals surface area contributed by atoms with Crippen LogP contribution in [0.5, 0.6) is 5.75 Å². The number of anilines is 1. The molecule has 0 aliphatic rings. The fourth-order valence-electron chi connectivity index (χ4n) is 1.33. The van der Waals surface area contributed by atoms with E-state index in [0.717, 1.165) is 0 Å². The first kappa shape index (κ1) is 13.6. The predicted molar refractivity (Wildman–Crippen MR) is 66.3 cm³/mol. The van der Waals surface area contributed by atoms with Gasteiger partial charge >= 0.3 is 6.36 Å². The van der Waals surface area contributed by atoms with E-state index in [2.05, 4.69) is 30.6 Å². The maximum atomic E-state index is 12.0. The van der Waals surface area contributed by atoms with Crippen LogP contribution in [0.15, 0.2) is 34.9 Å². The first-order valence-corrected chi connectivity index (χ1v) is 5.78. The molecule has 0 radical (unpaired) electrons. The van der Waals surface area contributed by atoms with Crippen LogP contribution < -0.4 is 10.5 Å². The third-order valence-electron chi connectivity index (χ3n) is 2.12. The molecule has 0 saturated carbocycles. The van der Waals surface area contributed by atoms with Crippen molar-refractivity contribution in [2.24, 2.45) is 0 Å². The molecule has 0 spiro atoms. The number of nitrogens with zero attached hydrogens (tertiary/aromatic N) is 2. The highest BCUT2D eigenvalue weighted by Gasteiger charge is 2.30. The fraction of sp³-hybridized carbons (Fsp3) is 0.0909. The van der Waals surface area contributed by atoms with Gasteiger partial charge in [-0.25, -0.2) is 9.97 Å². The molecule has 1 aromatic carbocycles. The lowest BCUT2D eigenvalue weighted by atomic mass is 10.2. The van der Waals surface area contributed by atoms with E-state index in [4.69, 9.17) is 5.73 Å². The Morgan fingerprint density at radius 2 is 1.79 bits per heavy atom. The van der Waals surface area contributed by atoms with Crippen LogP contribution in [0.1, 0.15) is 0 Å². The summed E-state index contributed by atoms with van der Waals surface area (Å²) < 4.78 is 40.3. The standard InChI is InChI=1S/C11H7BrF3N3O/c12-8-5-17-10(18-9(8)16)6-1-3-7(4-2-6)19-11(13,14)15/h1-5H,(H2,16,17,18). The third kappa shape index (κ3) is 3.57. The van der Waals surface area contributed by atoms with Crippen molar-refractivity contribution < 1.29 is 17.9 Å². The molecule has 8 heteroatoms. The number of ether oxygens (including phenoxy) is 1. The van der Waals surface area contributed by atoms with Crippen LogP contribution >= 0.6 is 15.9 Å². The topological polar surface area (TPSA) is 61.0 Å². The Morgan fingerprint density at radius 1 is 1.16 bits per heavy atom. The molecule has 19 heavy (non-hydrogen) atoms. The van der Waals surface area contributed by atoms with E-state index in [-0.39, 0.29) is 11.6 Å². The molecule has 1 heterocycles. The number of benzene rings is 1. The quantitative estimate of drug-likeness (QED) is 0.915. The second kappa shape index (κ2) is 5.04. The predicted octanol–water partition coefficient (Wildman–Crippen LogP) is 3.39. The number of aromatic nitrogens is 2. The normalized spacial score (nSPS) is 11.4. The van der Waals surface area contributed by atoms with E-state index in [1.54, 1.807) is 0 Å². The molecule has 100 valence electrons. The molecule has 2 aromatic rings. The minimum atomic E-state index is -4.71. The number of halogens is 4. The lowest BCUT2D eigenvalue weighted by molar-refractivity contribution is -0.274. The van der Waals surface area contributed by atoms with Gasteiger partial charge in [0, 0.05) is 11.8 Å². The Bertz CT molecular complexity index is 587. The van der Waals surface area contributed by atoms with Crippen LogP contribution in [0.3, 0.4) is 0 Å². The Kier molecular flexibility index (Phi) is 3.61. The molecule has 0 atom stereocenters. The summed E-state index contributed by atoms with van der Waals surface area (Å²) in [7, 11) is 0. The van der Waals surface area contributed by atoms with Gasteiger partial charge in [0.2, 0.25) is 0 Å². The first-order chi connectivity index (χ1) is 8.85. The largest absolute Gasteiger partial charge is 0.573 e. The number of nitrogens with two attached hydrogens (primary N) is 1. The molecule has 2 N–H and O–H groups in total. The average Bonchev–Trinajstić information content (AvgIpc) is 2.32. The van der Waals surface area contributed by atoms with Crippen LogP contribution in [-0.4, -0.2) is 16.3 Å². The molecule has 4 nitrogen and oxygen atoms in total. The molecule has 2 rings (SSSR count). The van der Waals surface area contributed by atoms with Gasteiger partial charge in [0.1, 0.15) is 11.6 Å². The summed E-state index contributed by atoms with van der Waals surface area (Å²) >= 11 is 3.15. The van der Waals surface area contributed by atoms with Gasteiger partial charge in [0.25, 0.3) is 0 Å². The zero-order chi connectivity index (χ0) is 14.0. The highest BCUT2D eigenvalue weighted by atomic mass is 79.9. The van der Waals surface area contributed by atoms with E-state index in [9.17, 15) is 13.2 Å². The van der Waals surface area contributed by atoms with Crippen molar-refractivity contribution in [2.75, 3.05) is 5.73 Å². The van der Waals surface area contributed by atoms with Gasteiger partial charge in [0.05, 0.1) is 4.47 Å². The van der Waals surface area contributed by atoms with E-state index in [0.29, 0.717) is 15.9 Å². The molecule has 0 fully saturated rings. The highest BCUT2D eigenvalue weighted by Crippen LogP contribution is 2.26. The summed E-state index contributed by atoms with van der Waals surface area (Å²) in [5.41, 5.74) is 6.14. The Morgan fingerprint density at radius 3 is 2.32 bits per heavy atom. The van der Waals surface area contributed by atoms with E-state index < -0.39 is 6.36 Å². The van der Waals surface area contributed by atoms with Crippen molar-refractivity contribution in [1.29, 1.82) is 0 Å². The summed E-state index contributed by atoms with van der Waals surface area (Å²) in [4.78, 5) is 8.02. The van der Waals surface area contributed by atoms with Crippen LogP contribution in [0.25, 0.3) is 11.4 Å². The second-order valence-corrected chi connectivity index (χ2v) is 4.35. The lowest BCUT2D eigenvalue weighted by Crippen LogP contribution is -2.16. The number of hydrogen-bond acceptors (Lipinski definition) is 4. The summed E-state index contributed by atoms with van der Waals surface area (Å²) in [6, 6.07) is 5.21. The van der Waals surface area contributed by atoms with Crippen molar-refractivity contribution in [3.63, 3.8) is 0 Å². The maximum absolute atomic E-state index is 12.0. The van der Waals surface area contributed by atoms with Crippen LogP contribution in [0.4, 0.5) is 19.0 Å². The molecule has 0 aliphatic carbocycles. The van der Waals surface area contributed by atoms with Gasteiger partial charge in [-0.1, -0.05) is 0 Å². The van der Waals surface area contributed by atoms with Crippen LogP contribution in [0.2, 0.25) is 0 Å². The Labute approximate surface area is 114 Å². The number of alkyl halides is 3. The van der Waals surface area contributed by atoms with Crippen molar-refractivity contribution in [2.45, 2.75) is 6.36 Å². The Hall–Kier alpha value is -1.83. The summed E-state index contributed by atoms with van der Waals surface area (Å²) in [5.74, 6) is 0.265. The molecule has 0 saturated heterocycles. The minimum absolute atomic E-state index is 0.251. The third-order valence-corrected chi connectivity index (χ3v) is 2.73. The van der Waals surface area contributed by atoms with Crippen LogP contribution in [-0.2, 0) is 0 Å². The SMILES string of the molecule is Nc1nc(-c2ccc(OC(F)(F)F)cc2)ncc1Br. The summed E-state index contributed by atoms with van der Waals surface area (Å²) in [6.07, 6.45) is -3.24. The highest BCUT2D eigenvalue weighted by molar-refractivity contribution is 9.10. The lowest BCUT2D eigenvalue weighted by Gasteiger charge is -2.09. The number of hydrogen-bond donors (Lipinski definition) is 1. The van der Waals surface area contributed by atoms with Gasteiger partial charge in [0.15, 0.2) is 5.82 Å². The minimum Gasteiger partial charge on any atom is -0.406 e. The van der Waals surface area contributed by atoms with E-state index in [1.807, 2.05) is 0 Å². The Balaban J connectivity index is 2.25. The molecule has 0 amide bonds. The maximum Gasteiger partial charge on any atom is 0.573 e. The molecule has 0 unspecified atom stereocenters. The van der Waals surface area contributed by atoms with Gasteiger partial charge in [-0.15, -0.1) is 13.2 Å². The van der Waals surface area contributed by atoms with E-state index in [1.165, 1.54) is 30.5 Å². The van der Waals surface area contributed by atoms with Crippen molar-refractivity contribution in [3.8, 4) is 17.1 Å². The molecule has 1 aromatic heterocycles. The first-order valence-electron chi connectivity index (χ1n) is 4.99. The second-order valence-electron chi connectivity index (χ2n) is 3.50. The van der Waals surface area contributed by atoms with Gasteiger partial charge in [-0.05, 0) is 40.2 Å². The van der Waals surface area contributed by atoms with Crippen molar-refractivity contribution in [3.05, 3.63) is 34.9 Å². The van der Waals surface area contributed by atoms with Crippen LogP contribution in [0, 0.1) is 0 Å². The van der Waals surface area contributed by atoms with E-state index >= 15 is 0 Å². The number of nitrogen functional groups attached to an aromatic ring is 1. The molecule has 0 bridgehead atoms. The van der Waals surface area contributed by atoms with Crippen molar-refractivity contribution in [1.82, 2.24) is 9.97 Å². The number of rotatable bonds is 2.